The molecule has 0 saturated carbocycles. The molecule has 0 bridgehead atoms. The molecule has 0 heterocycles. The van der Waals surface area contributed by atoms with Gasteiger partial charge in [-0.1, -0.05) is 117 Å². The first-order chi connectivity index (χ1) is 21.0. The third-order valence-electron chi connectivity index (χ3n) is 9.50. The van der Waals surface area contributed by atoms with E-state index in [0.717, 1.165) is 25.8 Å². The number of allylic oxidation sites excluding steroid dienone is 2. The molecular formula is C37H69NO6. The van der Waals surface area contributed by atoms with Crippen LogP contribution in [-0.4, -0.2) is 58.8 Å². The van der Waals surface area contributed by atoms with Gasteiger partial charge in [-0.3, -0.25) is 9.59 Å². The Bertz CT molecular complexity index is 707. The number of unbranched alkanes of at least 4 members (excludes halogenated alkanes) is 16. The first kappa shape index (κ1) is 42.1. The Kier molecular flexibility index (Phi) is 26.2. The zero-order chi connectivity index (χ0) is 33.1. The van der Waals surface area contributed by atoms with Crippen molar-refractivity contribution in [1.29, 1.82) is 0 Å². The number of carboxylic acid groups (broad SMARTS) is 3. The highest BCUT2D eigenvalue weighted by molar-refractivity contribution is 5.69. The lowest BCUT2D eigenvalue weighted by molar-refractivity contribution is -0.929. The fourth-order valence-electron chi connectivity index (χ4n) is 5.84. The van der Waals surface area contributed by atoms with Crippen molar-refractivity contribution in [3.8, 4) is 0 Å². The van der Waals surface area contributed by atoms with E-state index in [1.54, 1.807) is 20.8 Å². The van der Waals surface area contributed by atoms with Crippen LogP contribution in [0.5, 0.6) is 0 Å². The Morgan fingerprint density at radius 3 is 1.25 bits per heavy atom. The summed E-state index contributed by atoms with van der Waals surface area (Å²) in [4.78, 5) is 34.4. The summed E-state index contributed by atoms with van der Waals surface area (Å²) in [5.74, 6) is -4.32. The van der Waals surface area contributed by atoms with Crippen LogP contribution in [0.25, 0.3) is 0 Å². The maximum Gasteiger partial charge on any atom is 0.306 e. The highest BCUT2D eigenvalue weighted by Crippen LogP contribution is 2.22. The summed E-state index contributed by atoms with van der Waals surface area (Å²) < 4.78 is 0.583. The van der Waals surface area contributed by atoms with E-state index in [2.05, 4.69) is 19.1 Å². The van der Waals surface area contributed by atoms with Gasteiger partial charge in [-0.2, -0.15) is 0 Å². The summed E-state index contributed by atoms with van der Waals surface area (Å²) in [5, 5.41) is 30.3. The minimum absolute atomic E-state index is 0.444. The number of rotatable bonds is 32. The van der Waals surface area contributed by atoms with Crippen molar-refractivity contribution < 1.29 is 34.2 Å². The van der Waals surface area contributed by atoms with Crippen molar-refractivity contribution in [1.82, 2.24) is 0 Å². The zero-order valence-electron chi connectivity index (χ0n) is 29.0. The van der Waals surface area contributed by atoms with Gasteiger partial charge in [0.1, 0.15) is 0 Å². The zero-order valence-corrected chi connectivity index (χ0v) is 29.0. The van der Waals surface area contributed by atoms with Crippen molar-refractivity contribution >= 4 is 17.9 Å². The molecule has 44 heavy (non-hydrogen) atoms. The molecule has 0 spiro atoms. The van der Waals surface area contributed by atoms with Crippen LogP contribution < -0.4 is 5.11 Å². The number of aliphatic carboxylic acids is 3. The van der Waals surface area contributed by atoms with Gasteiger partial charge in [-0.15, -0.1) is 0 Å². The molecule has 258 valence electrons. The molecule has 3 unspecified atom stereocenters. The highest BCUT2D eigenvalue weighted by Gasteiger charge is 2.30. The van der Waals surface area contributed by atoms with E-state index in [4.69, 9.17) is 0 Å². The standard InChI is InChI=1S/C37H69NO6/c1-5-6-7-8-9-10-11-12-13-14-15-16-17-18-19-20-21-22-23-24-28-38(29-25-32(2)35(39)40,30-26-33(3)36(41)42)31-27-34(4)37(43)44/h14-15,32-34H,5-13,16-31H2,1-4H3,(H2-,39,40,41,42,43,44)/b15-14+. The lowest BCUT2D eigenvalue weighted by Gasteiger charge is -2.41. The third kappa shape index (κ3) is 23.5. The van der Waals surface area contributed by atoms with Crippen LogP contribution in [0, 0.1) is 17.8 Å². The van der Waals surface area contributed by atoms with E-state index in [0.29, 0.717) is 43.4 Å². The first-order valence-corrected chi connectivity index (χ1v) is 18.2. The normalized spacial score (nSPS) is 15.2. The predicted molar refractivity (Wildman–Crippen MR) is 179 cm³/mol. The quantitative estimate of drug-likeness (QED) is 0.0442. The Balaban J connectivity index is 4.42. The third-order valence-corrected chi connectivity index (χ3v) is 9.50. The molecule has 0 fully saturated rings. The second-order valence-corrected chi connectivity index (χ2v) is 13.7. The molecular weight excluding hydrogens is 554 g/mol. The summed E-state index contributed by atoms with van der Waals surface area (Å²) in [5.41, 5.74) is 0. The second-order valence-electron chi connectivity index (χ2n) is 13.7. The van der Waals surface area contributed by atoms with E-state index >= 15 is 0 Å². The van der Waals surface area contributed by atoms with Crippen LogP contribution in [-0.2, 0) is 14.4 Å². The average Bonchev–Trinajstić information content (AvgIpc) is 2.99. The fourth-order valence-corrected chi connectivity index (χ4v) is 5.84. The number of hydrogen-bond acceptors (Lipinski definition) is 4. The summed E-state index contributed by atoms with van der Waals surface area (Å²) in [7, 11) is 0. The molecule has 0 aliphatic rings. The van der Waals surface area contributed by atoms with Gasteiger partial charge in [0, 0.05) is 31.1 Å². The molecule has 0 saturated heterocycles. The molecule has 0 aromatic heterocycles. The van der Waals surface area contributed by atoms with Crippen LogP contribution in [0.2, 0.25) is 0 Å². The molecule has 3 atom stereocenters. The van der Waals surface area contributed by atoms with Gasteiger partial charge in [0.25, 0.3) is 0 Å². The maximum absolute atomic E-state index is 11.5. The molecule has 0 aromatic rings. The minimum atomic E-state index is -1.07. The molecule has 7 nitrogen and oxygen atoms in total. The van der Waals surface area contributed by atoms with Crippen molar-refractivity contribution in [3.63, 3.8) is 0 Å². The van der Waals surface area contributed by atoms with Crippen LogP contribution in [0.1, 0.15) is 163 Å². The smallest absolute Gasteiger partial charge is 0.306 e. The summed E-state index contributed by atoms with van der Waals surface area (Å²) in [6, 6.07) is 0. The molecule has 0 rings (SSSR count). The van der Waals surface area contributed by atoms with Crippen molar-refractivity contribution in [3.05, 3.63) is 12.2 Å². The Hall–Kier alpha value is -1.89. The van der Waals surface area contributed by atoms with E-state index in [9.17, 15) is 29.7 Å². The molecule has 0 aliphatic carbocycles. The topological polar surface area (TPSA) is 115 Å². The lowest BCUT2D eigenvalue weighted by Crippen LogP contribution is -2.52. The van der Waals surface area contributed by atoms with Crippen LogP contribution >= 0.6 is 0 Å². The van der Waals surface area contributed by atoms with E-state index in [-0.39, 0.29) is 0 Å². The first-order valence-electron chi connectivity index (χ1n) is 18.2. The fraction of sp³-hybridized carbons (Fsp3) is 0.865. The van der Waals surface area contributed by atoms with Gasteiger partial charge >= 0.3 is 11.9 Å². The maximum atomic E-state index is 11.5. The van der Waals surface area contributed by atoms with Gasteiger partial charge in [-0.25, -0.2) is 0 Å². The van der Waals surface area contributed by atoms with Gasteiger partial charge in [-0.05, 0) is 38.5 Å². The van der Waals surface area contributed by atoms with Crippen molar-refractivity contribution in [2.24, 2.45) is 17.8 Å². The summed E-state index contributed by atoms with van der Waals surface area (Å²) in [6.07, 6.45) is 29.1. The number of quaternary nitrogens is 1. The largest absolute Gasteiger partial charge is 0.550 e. The molecule has 0 aliphatic heterocycles. The monoisotopic (exact) mass is 624 g/mol. The van der Waals surface area contributed by atoms with Crippen LogP contribution in [0.4, 0.5) is 0 Å². The Labute approximate surface area is 270 Å². The lowest BCUT2D eigenvalue weighted by atomic mass is 10.0. The molecule has 7 heteroatoms. The SMILES string of the molecule is CCCCCCCCCC/C=C/CCCCCCCCCC[N+](CCC(C)C(=O)[O-])(CCC(C)C(=O)O)CCC(C)C(=O)O. The molecule has 0 amide bonds. The number of hydrogen-bond donors (Lipinski definition) is 2. The molecule has 0 radical (unpaired) electrons. The van der Waals surface area contributed by atoms with Crippen molar-refractivity contribution in [2.75, 3.05) is 26.2 Å². The van der Waals surface area contributed by atoms with Crippen LogP contribution in [0.15, 0.2) is 12.2 Å². The second kappa shape index (κ2) is 27.4. The Morgan fingerprint density at radius 2 is 0.886 bits per heavy atom. The number of carbonyl (C=O) groups excluding carboxylic acids is 1. The van der Waals surface area contributed by atoms with Crippen LogP contribution in [0.3, 0.4) is 0 Å². The Morgan fingerprint density at radius 1 is 0.545 bits per heavy atom. The van der Waals surface area contributed by atoms with Gasteiger partial charge in [0.05, 0.1) is 38.0 Å². The van der Waals surface area contributed by atoms with Crippen molar-refractivity contribution in [2.45, 2.75) is 163 Å². The average molecular weight is 624 g/mol. The molecule has 0 aromatic carbocycles. The van der Waals surface area contributed by atoms with Gasteiger partial charge in [0.2, 0.25) is 0 Å². The number of carboxylic acids is 3. The summed E-state index contributed by atoms with van der Waals surface area (Å²) in [6.45, 7) is 9.98. The minimum Gasteiger partial charge on any atom is -0.550 e. The summed E-state index contributed by atoms with van der Waals surface area (Å²) >= 11 is 0. The van der Waals surface area contributed by atoms with E-state index < -0.39 is 35.7 Å². The van der Waals surface area contributed by atoms with Gasteiger partial charge in [0.15, 0.2) is 0 Å². The van der Waals surface area contributed by atoms with E-state index in [1.807, 2.05) is 0 Å². The predicted octanol–water partition coefficient (Wildman–Crippen LogP) is 8.40. The number of carbonyl (C=O) groups is 3. The van der Waals surface area contributed by atoms with E-state index in [1.165, 1.54) is 96.3 Å². The van der Waals surface area contributed by atoms with Gasteiger partial charge < -0.3 is 24.6 Å². The number of nitrogens with zero attached hydrogens (tertiary/aromatic N) is 1. The molecule has 2 N–H and O–H groups in total. The highest BCUT2D eigenvalue weighted by atomic mass is 16.4.